The maximum absolute atomic E-state index is 13.4. The Hall–Kier alpha value is -3.77. The van der Waals surface area contributed by atoms with Crippen LogP contribution in [0.2, 0.25) is 0 Å². The average Bonchev–Trinajstić information content (AvgIpc) is 3.56. The first kappa shape index (κ1) is 27.8. The molecule has 0 aliphatic carbocycles. The van der Waals surface area contributed by atoms with Crippen LogP contribution in [0.4, 0.5) is 26.0 Å². The minimum absolute atomic E-state index is 0.183. The number of piperazine rings is 1. The third-order valence-electron chi connectivity index (χ3n) is 6.73. The Kier molecular flexibility index (Phi) is 7.65. The number of anilines is 3. The first-order chi connectivity index (χ1) is 19.1. The topological polar surface area (TPSA) is 99.3 Å². The lowest BCUT2D eigenvalue weighted by atomic mass is 10.1. The SMILES string of the molecule is CCc1nc2ccc(N3CCN(C(=O)OC(C)(C)C)[C@@H](CO)C3)nn2c1N(C)c1nc(-c2ccc(F)cc2)cs1. The molecular formula is C28H34FN7O3S. The highest BCUT2D eigenvalue weighted by atomic mass is 32.1. The summed E-state index contributed by atoms with van der Waals surface area (Å²) in [4.78, 5) is 27.9. The van der Waals surface area contributed by atoms with Crippen molar-refractivity contribution in [2.75, 3.05) is 43.1 Å². The van der Waals surface area contributed by atoms with Gasteiger partial charge in [0.2, 0.25) is 0 Å². The van der Waals surface area contributed by atoms with Gasteiger partial charge in [-0.2, -0.15) is 4.52 Å². The number of aliphatic hydroxyl groups is 1. The van der Waals surface area contributed by atoms with E-state index in [2.05, 4.69) is 4.90 Å². The number of rotatable bonds is 6. The molecule has 1 aromatic carbocycles. The summed E-state index contributed by atoms with van der Waals surface area (Å²) in [6.07, 6.45) is 0.277. The second kappa shape index (κ2) is 11.0. The van der Waals surface area contributed by atoms with Crippen molar-refractivity contribution in [2.45, 2.75) is 45.8 Å². The van der Waals surface area contributed by atoms with Gasteiger partial charge in [-0.3, -0.25) is 4.90 Å². The normalized spacial score (nSPS) is 16.0. The summed E-state index contributed by atoms with van der Waals surface area (Å²) in [7, 11) is 1.94. The van der Waals surface area contributed by atoms with Crippen LogP contribution in [0.1, 0.15) is 33.4 Å². The molecule has 0 unspecified atom stereocenters. The lowest BCUT2D eigenvalue weighted by Gasteiger charge is -2.41. The smallest absolute Gasteiger partial charge is 0.410 e. The number of ether oxygens (including phenoxy) is 1. The van der Waals surface area contributed by atoms with Gasteiger partial charge >= 0.3 is 6.09 Å². The van der Waals surface area contributed by atoms with Gasteiger partial charge in [-0.05, 0) is 63.6 Å². The minimum atomic E-state index is -0.612. The van der Waals surface area contributed by atoms with Gasteiger partial charge in [0.15, 0.2) is 16.6 Å². The summed E-state index contributed by atoms with van der Waals surface area (Å²) < 4.78 is 20.8. The predicted octanol–water partition coefficient (Wildman–Crippen LogP) is 4.74. The molecule has 1 aliphatic heterocycles. The van der Waals surface area contributed by atoms with Crippen LogP contribution in [0, 0.1) is 5.82 Å². The van der Waals surface area contributed by atoms with Gasteiger partial charge in [0.1, 0.15) is 17.2 Å². The van der Waals surface area contributed by atoms with Crippen LogP contribution >= 0.6 is 11.3 Å². The number of carbonyl (C=O) groups excluding carboxylic acids is 1. The zero-order valence-electron chi connectivity index (χ0n) is 23.3. The van der Waals surface area contributed by atoms with Crippen LogP contribution in [0.15, 0.2) is 41.8 Å². The Morgan fingerprint density at radius 1 is 1.18 bits per heavy atom. The van der Waals surface area contributed by atoms with Crippen LogP contribution in [0.5, 0.6) is 0 Å². The summed E-state index contributed by atoms with van der Waals surface area (Å²) in [6.45, 7) is 8.72. The van der Waals surface area contributed by atoms with Crippen molar-refractivity contribution in [3.05, 3.63) is 53.3 Å². The lowest BCUT2D eigenvalue weighted by molar-refractivity contribution is 0.00698. The average molecular weight is 568 g/mol. The second-order valence-electron chi connectivity index (χ2n) is 10.7. The molecule has 0 bridgehead atoms. The fourth-order valence-electron chi connectivity index (χ4n) is 4.74. The van der Waals surface area contributed by atoms with Crippen LogP contribution in [-0.4, -0.2) is 80.6 Å². The Labute approximate surface area is 236 Å². The standard InChI is InChI=1S/C28H34FN7O3S/c1-6-21-25(33(5)26-31-22(17-40-26)18-7-9-19(29)10-8-18)36-23(30-21)11-12-24(32-36)34-13-14-35(20(15-34)16-37)27(38)39-28(2,3)4/h7-12,17,20,37H,6,13-16H2,1-5H3/t20-/m1/s1. The third kappa shape index (κ3) is 5.59. The van der Waals surface area contributed by atoms with E-state index in [-0.39, 0.29) is 12.4 Å². The number of fused-ring (bicyclic) bond motifs is 1. The number of amides is 1. The van der Waals surface area contributed by atoms with Crippen molar-refractivity contribution in [1.29, 1.82) is 0 Å². The van der Waals surface area contributed by atoms with Crippen LogP contribution in [0.3, 0.4) is 0 Å². The van der Waals surface area contributed by atoms with E-state index in [1.807, 2.05) is 61.7 Å². The summed E-state index contributed by atoms with van der Waals surface area (Å²) in [5.74, 6) is 1.24. The van der Waals surface area contributed by atoms with Crippen molar-refractivity contribution in [3.8, 4) is 11.3 Å². The first-order valence-electron chi connectivity index (χ1n) is 13.3. The molecule has 1 atom stereocenters. The molecule has 4 aromatic rings. The first-order valence-corrected chi connectivity index (χ1v) is 14.1. The maximum Gasteiger partial charge on any atom is 0.410 e. The number of imidazole rings is 1. The van der Waals surface area contributed by atoms with E-state index in [0.29, 0.717) is 31.7 Å². The number of benzene rings is 1. The molecule has 1 aliphatic rings. The molecule has 5 rings (SSSR count). The fraction of sp³-hybridized carbons (Fsp3) is 0.429. The van der Waals surface area contributed by atoms with E-state index in [4.69, 9.17) is 19.8 Å². The van der Waals surface area contributed by atoms with Gasteiger partial charge in [0, 0.05) is 37.6 Å². The highest BCUT2D eigenvalue weighted by molar-refractivity contribution is 7.14. The number of halogens is 1. The largest absolute Gasteiger partial charge is 0.444 e. The summed E-state index contributed by atoms with van der Waals surface area (Å²) in [6, 6.07) is 9.72. The number of hydrogen-bond acceptors (Lipinski definition) is 9. The molecule has 12 heteroatoms. The van der Waals surface area contributed by atoms with Gasteiger partial charge in [0.05, 0.1) is 24.0 Å². The van der Waals surface area contributed by atoms with Crippen molar-refractivity contribution in [2.24, 2.45) is 0 Å². The maximum atomic E-state index is 13.4. The molecule has 0 spiro atoms. The highest BCUT2D eigenvalue weighted by Crippen LogP contribution is 2.34. The van der Waals surface area contributed by atoms with E-state index in [1.54, 1.807) is 17.0 Å². The molecule has 1 fully saturated rings. The molecule has 212 valence electrons. The lowest BCUT2D eigenvalue weighted by Crippen LogP contribution is -2.57. The number of thiazole rings is 1. The quantitative estimate of drug-likeness (QED) is 0.357. The van der Waals surface area contributed by atoms with Crippen LogP contribution < -0.4 is 9.80 Å². The van der Waals surface area contributed by atoms with Crippen molar-refractivity contribution < 1.29 is 19.0 Å². The summed E-state index contributed by atoms with van der Waals surface area (Å²) in [5, 5.41) is 17.7. The van der Waals surface area contributed by atoms with Crippen LogP contribution in [-0.2, 0) is 11.2 Å². The molecule has 0 saturated carbocycles. The fourth-order valence-corrected chi connectivity index (χ4v) is 5.54. The van der Waals surface area contributed by atoms with Gasteiger partial charge in [-0.15, -0.1) is 16.4 Å². The van der Waals surface area contributed by atoms with Crippen molar-refractivity contribution in [3.63, 3.8) is 0 Å². The summed E-state index contributed by atoms with van der Waals surface area (Å²) in [5.41, 5.74) is 2.59. The number of carbonyl (C=O) groups is 1. The van der Waals surface area contributed by atoms with E-state index in [1.165, 1.54) is 23.5 Å². The van der Waals surface area contributed by atoms with Gasteiger partial charge < -0.3 is 19.6 Å². The van der Waals surface area contributed by atoms with Crippen molar-refractivity contribution in [1.82, 2.24) is 24.5 Å². The molecule has 4 heterocycles. The third-order valence-corrected chi connectivity index (χ3v) is 7.64. The minimum Gasteiger partial charge on any atom is -0.444 e. The Bertz CT molecular complexity index is 1500. The molecule has 1 N–H and O–H groups in total. The van der Waals surface area contributed by atoms with E-state index < -0.39 is 17.7 Å². The molecule has 40 heavy (non-hydrogen) atoms. The number of aryl methyl sites for hydroxylation is 1. The van der Waals surface area contributed by atoms with E-state index in [9.17, 15) is 14.3 Å². The molecule has 1 amide bonds. The number of hydrogen-bond donors (Lipinski definition) is 1. The number of nitrogens with zero attached hydrogens (tertiary/aromatic N) is 7. The Morgan fingerprint density at radius 3 is 2.60 bits per heavy atom. The zero-order valence-corrected chi connectivity index (χ0v) is 24.2. The van der Waals surface area contributed by atoms with Crippen molar-refractivity contribution >= 4 is 39.8 Å². The molecular weight excluding hydrogens is 533 g/mol. The monoisotopic (exact) mass is 567 g/mol. The second-order valence-corrected chi connectivity index (χ2v) is 11.6. The highest BCUT2D eigenvalue weighted by Gasteiger charge is 2.34. The Balaban J connectivity index is 1.42. The van der Waals surface area contributed by atoms with Gasteiger partial charge in [0.25, 0.3) is 0 Å². The van der Waals surface area contributed by atoms with Crippen LogP contribution in [0.25, 0.3) is 16.9 Å². The number of aliphatic hydroxyl groups excluding tert-OH is 1. The molecule has 10 nitrogen and oxygen atoms in total. The molecule has 1 saturated heterocycles. The van der Waals surface area contributed by atoms with Gasteiger partial charge in [-0.25, -0.2) is 19.2 Å². The summed E-state index contributed by atoms with van der Waals surface area (Å²) >= 11 is 1.49. The molecule has 3 aromatic heterocycles. The van der Waals surface area contributed by atoms with E-state index >= 15 is 0 Å². The zero-order chi connectivity index (χ0) is 28.6. The van der Waals surface area contributed by atoms with E-state index in [0.717, 1.165) is 33.7 Å². The number of aromatic nitrogens is 4. The molecule has 0 radical (unpaired) electrons. The van der Waals surface area contributed by atoms with Gasteiger partial charge in [-0.1, -0.05) is 6.92 Å². The predicted molar refractivity (Wildman–Crippen MR) is 154 cm³/mol. The Morgan fingerprint density at radius 2 is 1.93 bits per heavy atom.